The summed E-state index contributed by atoms with van der Waals surface area (Å²) in [6, 6.07) is 62.1. The lowest BCUT2D eigenvalue weighted by molar-refractivity contribution is 0.649. The number of nitrogens with zero attached hydrogens (tertiary/aromatic N) is 2. The van der Waals surface area contributed by atoms with Crippen molar-refractivity contribution in [2.45, 2.75) is 57.8 Å². The largest absolute Gasteiger partial charge is 0.455 e. The van der Waals surface area contributed by atoms with Crippen molar-refractivity contribution in [3.05, 3.63) is 202 Å². The molecule has 4 nitrogen and oxygen atoms in total. The molecule has 10 aromatic carbocycles. The summed E-state index contributed by atoms with van der Waals surface area (Å²) in [6.45, 7) is 14.4. The number of para-hydroxylation sites is 2. The highest BCUT2D eigenvalue weighted by Gasteiger charge is 2.45. The van der Waals surface area contributed by atoms with Gasteiger partial charge in [0.1, 0.15) is 23.3 Å². The molecule has 0 spiro atoms. The van der Waals surface area contributed by atoms with Crippen LogP contribution in [0, 0.1) is 22.7 Å². The Labute approximate surface area is 410 Å². The maximum absolute atomic E-state index is 9.85. The van der Waals surface area contributed by atoms with E-state index in [-0.39, 0.29) is 16.2 Å². The van der Waals surface area contributed by atoms with Gasteiger partial charge >= 0.3 is 0 Å². The molecule has 2 aromatic heterocycles. The minimum atomic E-state index is -0.276. The van der Waals surface area contributed by atoms with Gasteiger partial charge in [-0.15, -0.1) is 0 Å². The maximum atomic E-state index is 9.85. The Morgan fingerprint density at radius 3 is 1.10 bits per heavy atom. The molecule has 0 saturated heterocycles. The fraction of sp³-hybridized carbons (Fsp3) is 0.134. The van der Waals surface area contributed by atoms with E-state index in [1.165, 1.54) is 99.4 Å². The molecule has 0 unspecified atom stereocenters. The summed E-state index contributed by atoms with van der Waals surface area (Å²) in [5, 5.41) is 28.6. The molecule has 0 atom stereocenters. The first-order chi connectivity index (χ1) is 34.4. The topological polar surface area (TPSA) is 73.9 Å². The molecule has 12 aromatic rings. The van der Waals surface area contributed by atoms with Gasteiger partial charge in [-0.3, -0.25) is 0 Å². The van der Waals surface area contributed by atoms with Gasteiger partial charge in [-0.05, 0) is 183 Å². The molecule has 3 aliphatic carbocycles. The molecule has 71 heavy (non-hydrogen) atoms. The van der Waals surface area contributed by atoms with Crippen molar-refractivity contribution >= 4 is 65.4 Å². The first-order valence-corrected chi connectivity index (χ1v) is 24.6. The summed E-state index contributed by atoms with van der Waals surface area (Å²) in [6.07, 6.45) is 0. The molecule has 0 amide bonds. The molecule has 0 N–H and O–H groups in total. The highest BCUT2D eigenvalue weighted by atomic mass is 16.3. The van der Waals surface area contributed by atoms with Crippen LogP contribution in [0.4, 0.5) is 0 Å². The maximum Gasteiger partial charge on any atom is 0.153 e. The van der Waals surface area contributed by atoms with Crippen molar-refractivity contribution in [3.8, 4) is 67.8 Å². The Morgan fingerprint density at radius 1 is 0.324 bits per heavy atom. The Balaban J connectivity index is 0.877. The lowest BCUT2D eigenvalue weighted by Crippen LogP contribution is -2.17. The molecule has 0 bridgehead atoms. The fourth-order valence-corrected chi connectivity index (χ4v) is 13.5. The molecular weight excluding hydrogens is 865 g/mol. The third-order valence-corrected chi connectivity index (χ3v) is 17.1. The molecule has 334 valence electrons. The van der Waals surface area contributed by atoms with E-state index >= 15 is 0 Å². The van der Waals surface area contributed by atoms with Gasteiger partial charge in [0.25, 0.3) is 0 Å². The number of nitriles is 2. The van der Waals surface area contributed by atoms with Gasteiger partial charge in [0.2, 0.25) is 0 Å². The average Bonchev–Trinajstić information content (AvgIpc) is 4.13. The van der Waals surface area contributed by atoms with Gasteiger partial charge < -0.3 is 8.83 Å². The highest BCUT2D eigenvalue weighted by Crippen LogP contribution is 2.61. The number of furan rings is 2. The number of benzene rings is 10. The molecule has 0 saturated carbocycles. The summed E-state index contributed by atoms with van der Waals surface area (Å²) in [4.78, 5) is 0. The van der Waals surface area contributed by atoms with Crippen LogP contribution in [0.2, 0.25) is 0 Å². The normalized spacial score (nSPS) is 15.2. The van der Waals surface area contributed by atoms with Crippen LogP contribution in [0.15, 0.2) is 167 Å². The third kappa shape index (κ3) is 5.02. The Kier molecular flexibility index (Phi) is 7.55. The van der Waals surface area contributed by atoms with E-state index in [1.54, 1.807) is 0 Å². The number of rotatable bonds is 2. The quantitative estimate of drug-likeness (QED) is 0.173. The van der Waals surface area contributed by atoms with E-state index < -0.39 is 0 Å². The molecular formula is C67H44N2O2. The summed E-state index contributed by atoms with van der Waals surface area (Å²) >= 11 is 0. The molecule has 0 fully saturated rings. The SMILES string of the molecule is CC1(C)c2cc3c(cc2-c2cc4c(cc21)-c1c(cc(-c2ccc5c(c2)oc2c(C#N)cccc25)c2ccccc12)C4(C)C)C(C)(C)c1cc(-c2ccc4c(c2)oc2c(C#N)cccc24)c2ccccc2c1-3. The first kappa shape index (κ1) is 40.2. The van der Waals surface area contributed by atoms with Crippen molar-refractivity contribution < 1.29 is 8.83 Å². The molecule has 0 radical (unpaired) electrons. The van der Waals surface area contributed by atoms with E-state index in [1.807, 2.05) is 36.4 Å². The lowest BCUT2D eigenvalue weighted by atomic mass is 9.78. The molecule has 2 heterocycles. The van der Waals surface area contributed by atoms with Crippen LogP contribution in [0.1, 0.15) is 86.1 Å². The van der Waals surface area contributed by atoms with Crippen molar-refractivity contribution in [3.63, 3.8) is 0 Å². The molecule has 0 aliphatic heterocycles. The van der Waals surface area contributed by atoms with E-state index in [9.17, 15) is 10.5 Å². The molecule has 3 aliphatic rings. The number of hydrogen-bond donors (Lipinski definition) is 0. The average molecular weight is 909 g/mol. The summed E-state index contributed by atoms with van der Waals surface area (Å²) in [7, 11) is 0. The smallest absolute Gasteiger partial charge is 0.153 e. The van der Waals surface area contributed by atoms with Gasteiger partial charge in [-0.25, -0.2) is 0 Å². The summed E-state index contributed by atoms with van der Waals surface area (Å²) in [5.74, 6) is 0. The van der Waals surface area contributed by atoms with Gasteiger partial charge in [-0.1, -0.05) is 126 Å². The zero-order valence-electron chi connectivity index (χ0n) is 40.2. The fourth-order valence-electron chi connectivity index (χ4n) is 13.5. The van der Waals surface area contributed by atoms with Crippen molar-refractivity contribution in [1.82, 2.24) is 0 Å². The van der Waals surface area contributed by atoms with Crippen LogP contribution in [0.3, 0.4) is 0 Å². The molecule has 4 heteroatoms. The first-order valence-electron chi connectivity index (χ1n) is 24.6. The van der Waals surface area contributed by atoms with Gasteiger partial charge in [-0.2, -0.15) is 10.5 Å². The van der Waals surface area contributed by atoms with Crippen LogP contribution in [0.25, 0.3) is 121 Å². The van der Waals surface area contributed by atoms with Gasteiger partial charge in [0, 0.05) is 37.8 Å². The van der Waals surface area contributed by atoms with Gasteiger partial charge in [0.05, 0.1) is 11.1 Å². The van der Waals surface area contributed by atoms with E-state index in [2.05, 4.69) is 175 Å². The van der Waals surface area contributed by atoms with Gasteiger partial charge in [0.15, 0.2) is 11.2 Å². The Morgan fingerprint density at radius 2 is 0.676 bits per heavy atom. The third-order valence-electron chi connectivity index (χ3n) is 17.1. The minimum Gasteiger partial charge on any atom is -0.455 e. The van der Waals surface area contributed by atoms with E-state index in [0.717, 1.165) is 43.8 Å². The molecule has 15 rings (SSSR count). The van der Waals surface area contributed by atoms with Crippen molar-refractivity contribution in [2.75, 3.05) is 0 Å². The lowest BCUT2D eigenvalue weighted by Gasteiger charge is -2.25. The van der Waals surface area contributed by atoms with Crippen LogP contribution >= 0.6 is 0 Å². The van der Waals surface area contributed by atoms with Crippen LogP contribution in [0.5, 0.6) is 0 Å². The predicted octanol–water partition coefficient (Wildman–Crippen LogP) is 17.8. The Hall–Kier alpha value is -8.70. The number of fused-ring (bicyclic) bond motifs is 19. The van der Waals surface area contributed by atoms with Crippen LogP contribution < -0.4 is 0 Å². The van der Waals surface area contributed by atoms with E-state index in [4.69, 9.17) is 8.83 Å². The summed E-state index contributed by atoms with van der Waals surface area (Å²) < 4.78 is 12.8. The van der Waals surface area contributed by atoms with Crippen LogP contribution in [-0.2, 0) is 16.2 Å². The summed E-state index contributed by atoms with van der Waals surface area (Å²) in [5.41, 5.74) is 23.8. The monoisotopic (exact) mass is 908 g/mol. The predicted molar refractivity (Wildman–Crippen MR) is 289 cm³/mol. The highest BCUT2D eigenvalue weighted by molar-refractivity contribution is 6.14. The van der Waals surface area contributed by atoms with Crippen molar-refractivity contribution in [2.24, 2.45) is 0 Å². The zero-order valence-corrected chi connectivity index (χ0v) is 40.2. The van der Waals surface area contributed by atoms with Crippen molar-refractivity contribution in [1.29, 1.82) is 10.5 Å². The number of hydrogen-bond acceptors (Lipinski definition) is 4. The van der Waals surface area contributed by atoms with E-state index in [0.29, 0.717) is 22.3 Å². The second-order valence-corrected chi connectivity index (χ2v) is 21.8. The standard InChI is InChI=1S/C67H44N2O2/c1-65(2)53-31-51-55(66(3,4)57-27-47(39-15-7-9-17-43(39)61(51)57)35-21-23-41-45-19-11-13-37(33-68)63(45)70-59(41)25-35)29-49(53)50-30-56-52(32-54(50)65)62-44-18-10-8-16-40(44)48(28-58(62)67(56,5)6)36-22-24-42-46-20-12-14-38(34-69)64(46)71-60(42)26-36/h7-32H,1-6H3. The van der Waals surface area contributed by atoms with Crippen LogP contribution in [-0.4, -0.2) is 0 Å². The second-order valence-electron chi connectivity index (χ2n) is 21.8. The second kappa shape index (κ2) is 13.3. The zero-order chi connectivity index (χ0) is 48.0. The Bertz CT molecular complexity index is 4280. The minimum absolute atomic E-state index is 0.249.